The normalized spacial score (nSPS) is 25.4. The largest absolute Gasteiger partial charge is 0.484 e. The van der Waals surface area contributed by atoms with E-state index in [1.807, 2.05) is 0 Å². The fraction of sp³-hybridized carbons (Fsp3) is 0.500. The predicted molar refractivity (Wildman–Crippen MR) is 85.9 cm³/mol. The Balaban J connectivity index is 1.65. The summed E-state index contributed by atoms with van der Waals surface area (Å²) < 4.78 is 5.48. The number of fused-ring (bicyclic) bond motifs is 1. The van der Waals surface area contributed by atoms with Gasteiger partial charge in [-0.3, -0.25) is 9.59 Å². The van der Waals surface area contributed by atoms with Crippen LogP contribution in [0.2, 0.25) is 0 Å². The van der Waals surface area contributed by atoms with Crippen LogP contribution in [0.5, 0.6) is 5.75 Å². The molecular weight excluding hydrogens is 310 g/mol. The predicted octanol–water partition coefficient (Wildman–Crippen LogP) is 1.98. The summed E-state index contributed by atoms with van der Waals surface area (Å²) in [6, 6.07) is 5.89. The zero-order chi connectivity index (χ0) is 17.3. The maximum atomic E-state index is 12.5. The van der Waals surface area contributed by atoms with Crippen molar-refractivity contribution in [2.75, 3.05) is 13.2 Å². The van der Waals surface area contributed by atoms with Crippen molar-refractivity contribution in [3.05, 3.63) is 29.8 Å². The summed E-state index contributed by atoms with van der Waals surface area (Å²) in [5.74, 6) is -0.544. The van der Waals surface area contributed by atoms with Gasteiger partial charge in [0.2, 0.25) is 0 Å². The molecule has 128 valence electrons. The number of nitrogens with zero attached hydrogens (tertiary/aromatic N) is 1. The summed E-state index contributed by atoms with van der Waals surface area (Å²) in [6.07, 6.45) is 2.89. The lowest BCUT2D eigenvalue weighted by Crippen LogP contribution is -2.45. The average Bonchev–Trinajstić information content (AvgIpc) is 3.13. The lowest BCUT2D eigenvalue weighted by atomic mass is 9.94. The molecule has 24 heavy (non-hydrogen) atoms. The van der Waals surface area contributed by atoms with Crippen LogP contribution in [0.3, 0.4) is 0 Å². The van der Waals surface area contributed by atoms with E-state index in [9.17, 15) is 19.5 Å². The van der Waals surface area contributed by atoms with Gasteiger partial charge in [0.25, 0.3) is 5.91 Å². The molecule has 0 radical (unpaired) electrons. The van der Waals surface area contributed by atoms with Crippen LogP contribution in [0.4, 0.5) is 0 Å². The first-order valence-corrected chi connectivity index (χ1v) is 8.23. The number of hydrogen-bond acceptors (Lipinski definition) is 4. The molecule has 1 aliphatic carbocycles. The van der Waals surface area contributed by atoms with Gasteiger partial charge in [0, 0.05) is 12.1 Å². The van der Waals surface area contributed by atoms with Crippen LogP contribution in [0.15, 0.2) is 24.3 Å². The van der Waals surface area contributed by atoms with Crippen molar-refractivity contribution >= 4 is 17.7 Å². The molecule has 0 spiro atoms. The first-order valence-electron chi connectivity index (χ1n) is 8.23. The highest BCUT2D eigenvalue weighted by Gasteiger charge is 2.49. The second-order valence-corrected chi connectivity index (χ2v) is 6.56. The molecule has 2 fully saturated rings. The number of Topliss-reactive ketones (excluding diaryl/α,β-unsaturated/α-hetero) is 1. The van der Waals surface area contributed by atoms with Gasteiger partial charge in [-0.15, -0.1) is 0 Å². The quantitative estimate of drug-likeness (QED) is 0.834. The van der Waals surface area contributed by atoms with E-state index in [1.165, 1.54) is 11.8 Å². The molecule has 1 aliphatic heterocycles. The maximum absolute atomic E-state index is 12.5. The Hall–Kier alpha value is -2.37. The second kappa shape index (κ2) is 6.63. The number of likely N-dealkylation sites (tertiary alicyclic amines) is 1. The van der Waals surface area contributed by atoms with Gasteiger partial charge in [-0.1, -0.05) is 18.6 Å². The fourth-order valence-electron chi connectivity index (χ4n) is 3.91. The zero-order valence-electron chi connectivity index (χ0n) is 13.6. The number of aliphatic carboxylic acids is 1. The Morgan fingerprint density at radius 3 is 2.79 bits per heavy atom. The minimum absolute atomic E-state index is 0.0625. The Morgan fingerprint density at radius 2 is 2.08 bits per heavy atom. The molecule has 2 aliphatic rings. The van der Waals surface area contributed by atoms with Gasteiger partial charge in [0.05, 0.1) is 0 Å². The first kappa shape index (κ1) is 16.5. The topological polar surface area (TPSA) is 83.9 Å². The van der Waals surface area contributed by atoms with Crippen molar-refractivity contribution < 1.29 is 24.2 Å². The van der Waals surface area contributed by atoms with Crippen LogP contribution in [-0.4, -0.2) is 46.9 Å². The van der Waals surface area contributed by atoms with Crippen LogP contribution in [0.25, 0.3) is 0 Å². The Labute approximate surface area is 140 Å². The SMILES string of the molecule is CC(=O)c1cccc(OCC(=O)N2CC3CCCC3C2C(=O)O)c1. The molecular formula is C18H21NO5. The molecule has 1 saturated heterocycles. The number of carbonyl (C=O) groups is 3. The fourth-order valence-corrected chi connectivity index (χ4v) is 3.91. The molecule has 1 saturated carbocycles. The van der Waals surface area contributed by atoms with Gasteiger partial charge < -0.3 is 14.7 Å². The van der Waals surface area contributed by atoms with E-state index in [2.05, 4.69) is 0 Å². The zero-order valence-corrected chi connectivity index (χ0v) is 13.6. The highest BCUT2D eigenvalue weighted by atomic mass is 16.5. The van der Waals surface area contributed by atoms with E-state index in [1.54, 1.807) is 24.3 Å². The van der Waals surface area contributed by atoms with E-state index in [4.69, 9.17) is 4.74 Å². The van der Waals surface area contributed by atoms with Crippen LogP contribution in [-0.2, 0) is 9.59 Å². The summed E-state index contributed by atoms with van der Waals surface area (Å²) in [5, 5.41) is 9.49. The van der Waals surface area contributed by atoms with Crippen LogP contribution in [0.1, 0.15) is 36.5 Å². The standard InChI is InChI=1S/C18H21NO5/c1-11(20)12-4-2-6-14(8-12)24-10-16(21)19-9-13-5-3-7-15(13)17(19)18(22)23/h2,4,6,8,13,15,17H,3,5,7,9-10H2,1H3,(H,22,23). The van der Waals surface area contributed by atoms with Gasteiger partial charge in [0.15, 0.2) is 12.4 Å². The molecule has 3 rings (SSSR count). The average molecular weight is 331 g/mol. The highest BCUT2D eigenvalue weighted by molar-refractivity contribution is 5.94. The summed E-state index contributed by atoms with van der Waals surface area (Å²) in [5.41, 5.74) is 0.513. The number of ether oxygens (including phenoxy) is 1. The van der Waals surface area contributed by atoms with Crippen molar-refractivity contribution in [1.82, 2.24) is 4.90 Å². The van der Waals surface area contributed by atoms with Crippen LogP contribution in [0, 0.1) is 11.8 Å². The smallest absolute Gasteiger partial charge is 0.326 e. The molecule has 1 heterocycles. The van der Waals surface area contributed by atoms with E-state index >= 15 is 0 Å². The monoisotopic (exact) mass is 331 g/mol. The number of benzene rings is 1. The van der Waals surface area contributed by atoms with Crippen molar-refractivity contribution in [3.63, 3.8) is 0 Å². The third-order valence-electron chi connectivity index (χ3n) is 5.07. The number of carbonyl (C=O) groups excluding carboxylic acids is 2. The van der Waals surface area contributed by atoms with Crippen LogP contribution < -0.4 is 4.74 Å². The molecule has 6 nitrogen and oxygen atoms in total. The highest BCUT2D eigenvalue weighted by Crippen LogP contribution is 2.42. The van der Waals surface area contributed by atoms with Crippen molar-refractivity contribution in [1.29, 1.82) is 0 Å². The second-order valence-electron chi connectivity index (χ2n) is 6.56. The number of hydrogen-bond donors (Lipinski definition) is 1. The molecule has 1 amide bonds. The van der Waals surface area contributed by atoms with E-state index < -0.39 is 12.0 Å². The van der Waals surface area contributed by atoms with Crippen molar-refractivity contribution in [2.24, 2.45) is 11.8 Å². The molecule has 3 unspecified atom stereocenters. The number of carboxylic acids is 1. The molecule has 3 atom stereocenters. The molecule has 0 bridgehead atoms. The van der Waals surface area contributed by atoms with Crippen LogP contribution >= 0.6 is 0 Å². The summed E-state index contributed by atoms with van der Waals surface area (Å²) in [4.78, 5) is 36.9. The van der Waals surface area contributed by atoms with Gasteiger partial charge in [-0.2, -0.15) is 0 Å². The summed E-state index contributed by atoms with van der Waals surface area (Å²) in [6.45, 7) is 1.74. The number of carboxylic acid groups (broad SMARTS) is 1. The molecule has 1 N–H and O–H groups in total. The Bertz CT molecular complexity index is 671. The molecule has 0 aromatic heterocycles. The minimum Gasteiger partial charge on any atom is -0.484 e. The Kier molecular flexibility index (Phi) is 4.55. The molecule has 1 aromatic rings. The number of ketones is 1. The van der Waals surface area contributed by atoms with E-state index in [0.29, 0.717) is 17.9 Å². The van der Waals surface area contributed by atoms with E-state index in [0.717, 1.165) is 19.3 Å². The van der Waals surface area contributed by atoms with Crippen molar-refractivity contribution in [3.8, 4) is 5.75 Å². The minimum atomic E-state index is -0.934. The number of rotatable bonds is 5. The lowest BCUT2D eigenvalue weighted by molar-refractivity contribution is -0.150. The van der Waals surface area contributed by atoms with Gasteiger partial charge in [-0.25, -0.2) is 4.79 Å². The van der Waals surface area contributed by atoms with Gasteiger partial charge >= 0.3 is 5.97 Å². The first-order chi connectivity index (χ1) is 11.5. The van der Waals surface area contributed by atoms with Crippen molar-refractivity contribution in [2.45, 2.75) is 32.2 Å². The molecule has 6 heteroatoms. The summed E-state index contributed by atoms with van der Waals surface area (Å²) >= 11 is 0. The van der Waals surface area contributed by atoms with Gasteiger partial charge in [0.1, 0.15) is 11.8 Å². The van der Waals surface area contributed by atoms with Gasteiger partial charge in [-0.05, 0) is 43.7 Å². The third kappa shape index (κ3) is 3.13. The lowest BCUT2D eigenvalue weighted by Gasteiger charge is -2.24. The van der Waals surface area contributed by atoms with E-state index in [-0.39, 0.29) is 30.1 Å². The Morgan fingerprint density at radius 1 is 1.29 bits per heavy atom. The summed E-state index contributed by atoms with van der Waals surface area (Å²) in [7, 11) is 0. The third-order valence-corrected chi connectivity index (χ3v) is 5.07. The number of amides is 1. The molecule has 1 aromatic carbocycles. The maximum Gasteiger partial charge on any atom is 0.326 e.